The zero-order valence-corrected chi connectivity index (χ0v) is 27.5. The van der Waals surface area contributed by atoms with E-state index in [0.717, 1.165) is 21.7 Å². The molecule has 2 amide bonds. The molecule has 0 unspecified atom stereocenters. The number of ether oxygens (including phenoxy) is 1. The predicted octanol–water partition coefficient (Wildman–Crippen LogP) is 5.74. The molecule has 3 heterocycles. The number of anilines is 5. The van der Waals surface area contributed by atoms with E-state index in [1.54, 1.807) is 18.1 Å². The van der Waals surface area contributed by atoms with Crippen molar-refractivity contribution in [2.24, 2.45) is 0 Å². The van der Waals surface area contributed by atoms with Gasteiger partial charge >= 0.3 is 0 Å². The van der Waals surface area contributed by atoms with Gasteiger partial charge in [-0.1, -0.05) is 23.8 Å². The second kappa shape index (κ2) is 13.3. The highest BCUT2D eigenvalue weighted by molar-refractivity contribution is 7.98. The fraction of sp³-hybridized carbons (Fsp3) is 0.235. The Hall–Kier alpha value is -5.14. The number of methoxy groups -OCH3 is 1. The van der Waals surface area contributed by atoms with E-state index in [-0.39, 0.29) is 29.7 Å². The molecule has 0 saturated heterocycles. The molecule has 0 fully saturated rings. The number of amides is 2. The number of benzene rings is 3. The lowest BCUT2D eigenvalue weighted by molar-refractivity contribution is -0.119. The van der Waals surface area contributed by atoms with E-state index in [0.29, 0.717) is 41.3 Å². The van der Waals surface area contributed by atoms with Gasteiger partial charge < -0.3 is 30.5 Å². The standard InChI is InChI=1S/C34H35FN8O3S/c1-20-9-11-22(12-10-20)47-43-16-14-23-31(37-25-8-6-7-24(35)30(25)33(45)36-2)39-34(40-32(23)43)38-26-18-27-21(17-28(26)46-5)13-15-42(27)29(44)19-41(3)4/h6-12,14,16-18H,13,15,19H2,1-5H3,(H,36,45)(H2,37,38,39,40). The van der Waals surface area contributed by atoms with Crippen molar-refractivity contribution in [2.45, 2.75) is 18.2 Å². The van der Waals surface area contributed by atoms with E-state index < -0.39 is 11.7 Å². The van der Waals surface area contributed by atoms with Gasteiger partial charge in [-0.15, -0.1) is 0 Å². The molecule has 1 aliphatic heterocycles. The molecule has 0 radical (unpaired) electrons. The van der Waals surface area contributed by atoms with Gasteiger partial charge in [0.2, 0.25) is 11.9 Å². The molecule has 2 aromatic heterocycles. The first kappa shape index (κ1) is 31.8. The van der Waals surface area contributed by atoms with Gasteiger partial charge in [0.1, 0.15) is 17.4 Å². The lowest BCUT2D eigenvalue weighted by Crippen LogP contribution is -2.36. The largest absolute Gasteiger partial charge is 0.495 e. The Labute approximate surface area is 276 Å². The van der Waals surface area contributed by atoms with Crippen LogP contribution in [0.25, 0.3) is 11.0 Å². The summed E-state index contributed by atoms with van der Waals surface area (Å²) in [5.41, 5.74) is 4.23. The average Bonchev–Trinajstić information content (AvgIpc) is 3.65. The van der Waals surface area contributed by atoms with E-state index >= 15 is 0 Å². The lowest BCUT2D eigenvalue weighted by atomic mass is 10.1. The molecule has 5 aromatic rings. The Morgan fingerprint density at radius 2 is 1.83 bits per heavy atom. The summed E-state index contributed by atoms with van der Waals surface area (Å²) in [6.45, 7) is 2.90. The minimum atomic E-state index is -0.665. The number of fused-ring (bicyclic) bond motifs is 2. The summed E-state index contributed by atoms with van der Waals surface area (Å²) < 4.78 is 22.6. The van der Waals surface area contributed by atoms with Gasteiger partial charge in [0.05, 0.1) is 36.0 Å². The summed E-state index contributed by atoms with van der Waals surface area (Å²) in [5, 5.41) is 9.66. The first-order valence-electron chi connectivity index (χ1n) is 15.0. The Morgan fingerprint density at radius 3 is 2.55 bits per heavy atom. The van der Waals surface area contributed by atoms with Crippen molar-refractivity contribution in [3.05, 3.63) is 89.4 Å². The molecule has 0 bridgehead atoms. The van der Waals surface area contributed by atoms with Crippen LogP contribution in [0.15, 0.2) is 71.8 Å². The third-order valence-corrected chi connectivity index (χ3v) is 8.73. The molecule has 11 nitrogen and oxygen atoms in total. The van der Waals surface area contributed by atoms with Gasteiger partial charge in [0.15, 0.2) is 5.65 Å². The maximum atomic E-state index is 14.9. The molecule has 3 aromatic carbocycles. The monoisotopic (exact) mass is 654 g/mol. The molecule has 242 valence electrons. The van der Waals surface area contributed by atoms with E-state index in [1.807, 2.05) is 78.6 Å². The van der Waals surface area contributed by atoms with E-state index in [9.17, 15) is 14.0 Å². The second-order valence-corrected chi connectivity index (χ2v) is 12.4. The number of nitrogens with one attached hydrogen (secondary N) is 3. The first-order chi connectivity index (χ1) is 22.6. The molecule has 3 N–H and O–H groups in total. The van der Waals surface area contributed by atoms with Gasteiger partial charge in [-0.3, -0.25) is 13.6 Å². The summed E-state index contributed by atoms with van der Waals surface area (Å²) in [4.78, 5) is 40.0. The zero-order valence-electron chi connectivity index (χ0n) is 26.7. The molecule has 0 saturated carbocycles. The molecular formula is C34H35FN8O3S. The van der Waals surface area contributed by atoms with Crippen LogP contribution in [-0.2, 0) is 11.2 Å². The molecule has 0 spiro atoms. The topological polar surface area (TPSA) is 117 Å². The Morgan fingerprint density at radius 1 is 1.04 bits per heavy atom. The molecule has 13 heteroatoms. The molecule has 0 atom stereocenters. The quantitative estimate of drug-likeness (QED) is 0.173. The van der Waals surface area contributed by atoms with Gasteiger partial charge in [-0.05, 0) is 87.4 Å². The van der Waals surface area contributed by atoms with Crippen LogP contribution in [0.4, 0.5) is 33.2 Å². The Balaban J connectivity index is 1.44. The van der Waals surface area contributed by atoms with E-state index in [4.69, 9.17) is 14.7 Å². The van der Waals surface area contributed by atoms with Crippen LogP contribution in [0.2, 0.25) is 0 Å². The fourth-order valence-electron chi connectivity index (χ4n) is 5.46. The van der Waals surface area contributed by atoms with Crippen molar-refractivity contribution in [2.75, 3.05) is 56.9 Å². The normalized spacial score (nSPS) is 12.4. The number of carbonyl (C=O) groups excluding carboxylic acids is 2. The predicted molar refractivity (Wildman–Crippen MR) is 184 cm³/mol. The summed E-state index contributed by atoms with van der Waals surface area (Å²) in [5.74, 6) is -0.0776. The van der Waals surface area contributed by atoms with Crippen molar-refractivity contribution in [1.29, 1.82) is 0 Å². The number of nitrogens with zero attached hydrogens (tertiary/aromatic N) is 5. The maximum absolute atomic E-state index is 14.9. The smallest absolute Gasteiger partial charge is 0.256 e. The molecule has 0 aliphatic carbocycles. The van der Waals surface area contributed by atoms with Gasteiger partial charge in [-0.25, -0.2) is 4.39 Å². The van der Waals surface area contributed by atoms with Crippen LogP contribution in [0.1, 0.15) is 21.5 Å². The molecule has 47 heavy (non-hydrogen) atoms. The third-order valence-electron chi connectivity index (χ3n) is 7.75. The molecular weight excluding hydrogens is 619 g/mol. The Kier molecular flexibility index (Phi) is 9.01. The third kappa shape index (κ3) is 6.58. The van der Waals surface area contributed by atoms with Crippen molar-refractivity contribution in [3.63, 3.8) is 0 Å². The first-order valence-corrected chi connectivity index (χ1v) is 15.8. The number of hydrogen-bond acceptors (Lipinski definition) is 9. The Bertz CT molecular complexity index is 1980. The van der Waals surface area contributed by atoms with Crippen molar-refractivity contribution >= 4 is 63.6 Å². The number of likely N-dealkylation sites (N-methyl/N-ethyl adjacent to an activating group) is 1. The lowest BCUT2D eigenvalue weighted by Gasteiger charge is -2.21. The van der Waals surface area contributed by atoms with Crippen LogP contribution in [0.3, 0.4) is 0 Å². The van der Waals surface area contributed by atoms with Crippen LogP contribution >= 0.6 is 11.9 Å². The van der Waals surface area contributed by atoms with Crippen LogP contribution in [0, 0.1) is 12.7 Å². The fourth-order valence-corrected chi connectivity index (χ4v) is 6.29. The highest BCUT2D eigenvalue weighted by Crippen LogP contribution is 2.39. The zero-order chi connectivity index (χ0) is 33.2. The highest BCUT2D eigenvalue weighted by Gasteiger charge is 2.27. The van der Waals surface area contributed by atoms with Gasteiger partial charge in [-0.2, -0.15) is 9.97 Å². The molecule has 6 rings (SSSR count). The van der Waals surface area contributed by atoms with Crippen LogP contribution in [0.5, 0.6) is 5.75 Å². The average molecular weight is 655 g/mol. The summed E-state index contributed by atoms with van der Waals surface area (Å²) in [7, 11) is 6.76. The minimum Gasteiger partial charge on any atom is -0.495 e. The van der Waals surface area contributed by atoms with Crippen molar-refractivity contribution < 1.29 is 18.7 Å². The number of halogens is 1. The van der Waals surface area contributed by atoms with Crippen molar-refractivity contribution in [1.82, 2.24) is 24.2 Å². The van der Waals surface area contributed by atoms with Crippen LogP contribution in [-0.4, -0.2) is 72.0 Å². The van der Waals surface area contributed by atoms with E-state index in [1.165, 1.54) is 31.1 Å². The molecule has 1 aliphatic rings. The summed E-state index contributed by atoms with van der Waals surface area (Å²) in [6, 6.07) is 18.2. The SMILES string of the molecule is CNC(=O)c1c(F)cccc1Nc1nc(Nc2cc3c(cc2OC)CCN3C(=O)CN(C)C)nc2c1ccn2Sc1ccc(C)cc1. The summed E-state index contributed by atoms with van der Waals surface area (Å²) in [6.07, 6.45) is 2.60. The minimum absolute atomic E-state index is 0.00185. The number of rotatable bonds is 10. The number of hydrogen-bond donors (Lipinski definition) is 3. The van der Waals surface area contributed by atoms with Gasteiger partial charge in [0, 0.05) is 30.4 Å². The number of carbonyl (C=O) groups is 2. The highest BCUT2D eigenvalue weighted by atomic mass is 32.2. The van der Waals surface area contributed by atoms with Crippen molar-refractivity contribution in [3.8, 4) is 5.75 Å². The second-order valence-electron chi connectivity index (χ2n) is 11.4. The van der Waals surface area contributed by atoms with Crippen LogP contribution < -0.4 is 25.6 Å². The number of aromatic nitrogens is 3. The van der Waals surface area contributed by atoms with Gasteiger partial charge in [0.25, 0.3) is 5.91 Å². The summed E-state index contributed by atoms with van der Waals surface area (Å²) >= 11 is 1.48. The number of aryl methyl sites for hydroxylation is 1. The van der Waals surface area contributed by atoms with E-state index in [2.05, 4.69) is 16.0 Å². The maximum Gasteiger partial charge on any atom is 0.256 e.